The first-order valence-electron chi connectivity index (χ1n) is 2.72. The first-order chi connectivity index (χ1) is 3.34. The van der Waals surface area contributed by atoms with E-state index in [9.17, 15) is 0 Å². The molecule has 0 aromatic carbocycles. The van der Waals surface area contributed by atoms with Crippen molar-refractivity contribution < 1.29 is 5.11 Å². The van der Waals surface area contributed by atoms with Crippen LogP contribution in [-0.4, -0.2) is 17.8 Å². The second kappa shape index (κ2) is 3.28. The van der Waals surface area contributed by atoms with E-state index in [1.807, 2.05) is 0 Å². The van der Waals surface area contributed by atoms with Gasteiger partial charge in [-0.15, -0.1) is 12.4 Å². The number of halogens is 1. The number of hydrogen-bond acceptors (Lipinski definition) is 2. The average Bonchev–Trinajstić information content (AvgIpc) is 2.44. The molecule has 0 bridgehead atoms. The molecule has 3 N–H and O–H groups in total. The maximum absolute atomic E-state index is 8.87. The van der Waals surface area contributed by atoms with Gasteiger partial charge in [0.15, 0.2) is 0 Å². The van der Waals surface area contributed by atoms with Crippen molar-refractivity contribution in [1.82, 2.24) is 0 Å². The molecular weight excluding hydrogens is 126 g/mol. The Bertz CT molecular complexity index is 65.4. The maximum Gasteiger partial charge on any atom is 0.0690 e. The molecule has 50 valence electrons. The molecule has 0 aromatic rings. The van der Waals surface area contributed by atoms with Gasteiger partial charge in [-0.25, -0.2) is 0 Å². The zero-order valence-electron chi connectivity index (χ0n) is 4.71. The summed E-state index contributed by atoms with van der Waals surface area (Å²) < 4.78 is 0. The van der Waals surface area contributed by atoms with E-state index in [2.05, 4.69) is 0 Å². The zero-order valence-corrected chi connectivity index (χ0v) is 5.53. The Morgan fingerprint density at radius 1 is 1.62 bits per heavy atom. The molecule has 1 atom stereocenters. The second-order valence-corrected chi connectivity index (χ2v) is 2.14. The van der Waals surface area contributed by atoms with Gasteiger partial charge < -0.3 is 10.8 Å². The van der Waals surface area contributed by atoms with Gasteiger partial charge >= 0.3 is 0 Å². The quantitative estimate of drug-likeness (QED) is 0.569. The lowest BCUT2D eigenvalue weighted by atomic mass is 10.2. The summed E-state index contributed by atoms with van der Waals surface area (Å²) in [6.07, 6.45) is 2.15. The Morgan fingerprint density at radius 2 is 2.12 bits per heavy atom. The van der Waals surface area contributed by atoms with Crippen LogP contribution in [0, 0.1) is 5.92 Å². The van der Waals surface area contributed by atoms with E-state index in [1.54, 1.807) is 0 Å². The third-order valence-electron chi connectivity index (χ3n) is 1.41. The van der Waals surface area contributed by atoms with Crippen molar-refractivity contribution in [3.63, 3.8) is 0 Å². The fourth-order valence-electron chi connectivity index (χ4n) is 0.673. The summed E-state index contributed by atoms with van der Waals surface area (Å²) in [6, 6.07) is 0. The zero-order chi connectivity index (χ0) is 5.28. The normalized spacial score (nSPS) is 21.8. The highest BCUT2D eigenvalue weighted by atomic mass is 35.5. The summed E-state index contributed by atoms with van der Waals surface area (Å²) in [5.74, 6) is 0.546. The molecule has 0 saturated heterocycles. The molecule has 1 aliphatic rings. The van der Waals surface area contributed by atoms with Gasteiger partial charge in [0.05, 0.1) is 6.10 Å². The van der Waals surface area contributed by atoms with Crippen LogP contribution in [0.5, 0.6) is 0 Å². The summed E-state index contributed by atoms with van der Waals surface area (Å²) in [4.78, 5) is 0. The molecule has 1 rings (SSSR count). The molecule has 2 nitrogen and oxygen atoms in total. The number of nitrogens with two attached hydrogens (primary N) is 1. The Morgan fingerprint density at radius 3 is 2.25 bits per heavy atom. The predicted molar refractivity (Wildman–Crippen MR) is 35.0 cm³/mol. The van der Waals surface area contributed by atoms with Gasteiger partial charge in [-0.3, -0.25) is 0 Å². The first-order valence-corrected chi connectivity index (χ1v) is 2.72. The van der Waals surface area contributed by atoms with Crippen molar-refractivity contribution >= 4 is 12.4 Å². The van der Waals surface area contributed by atoms with Crippen LogP contribution in [0.4, 0.5) is 0 Å². The van der Waals surface area contributed by atoms with Crippen LogP contribution in [0.1, 0.15) is 12.8 Å². The summed E-state index contributed by atoms with van der Waals surface area (Å²) in [6.45, 7) is 0.435. The van der Waals surface area contributed by atoms with Crippen LogP contribution < -0.4 is 5.73 Å². The Balaban J connectivity index is 0.000000490. The van der Waals surface area contributed by atoms with E-state index >= 15 is 0 Å². The van der Waals surface area contributed by atoms with E-state index in [-0.39, 0.29) is 18.5 Å². The fraction of sp³-hybridized carbons (Fsp3) is 1.00. The molecule has 1 aliphatic carbocycles. The molecule has 0 radical (unpaired) electrons. The molecule has 3 heteroatoms. The highest BCUT2D eigenvalue weighted by Crippen LogP contribution is 2.31. The molecular formula is C5H12ClNO. The lowest BCUT2D eigenvalue weighted by Crippen LogP contribution is -2.21. The van der Waals surface area contributed by atoms with E-state index in [4.69, 9.17) is 10.8 Å². The second-order valence-electron chi connectivity index (χ2n) is 2.14. The average molecular weight is 138 g/mol. The SMILES string of the molecule is Cl.NCC(O)C1CC1. The van der Waals surface area contributed by atoms with Crippen molar-refractivity contribution in [2.24, 2.45) is 11.7 Å². The van der Waals surface area contributed by atoms with Gasteiger partial charge in [0.1, 0.15) is 0 Å². The number of aliphatic hydroxyl groups is 1. The summed E-state index contributed by atoms with van der Waals surface area (Å²) in [7, 11) is 0. The fourth-order valence-corrected chi connectivity index (χ4v) is 0.673. The predicted octanol–water partition coefficient (Wildman–Crippen LogP) is 0.138. The van der Waals surface area contributed by atoms with E-state index in [1.165, 1.54) is 12.8 Å². The van der Waals surface area contributed by atoms with Gasteiger partial charge in [-0.2, -0.15) is 0 Å². The minimum Gasteiger partial charge on any atom is -0.392 e. The summed E-state index contributed by atoms with van der Waals surface area (Å²) in [5.41, 5.74) is 5.16. The van der Waals surface area contributed by atoms with Gasteiger partial charge in [-0.05, 0) is 18.8 Å². The van der Waals surface area contributed by atoms with Gasteiger partial charge in [0, 0.05) is 6.54 Å². The molecule has 8 heavy (non-hydrogen) atoms. The molecule has 1 fully saturated rings. The molecule has 0 amide bonds. The smallest absolute Gasteiger partial charge is 0.0690 e. The number of hydrogen-bond donors (Lipinski definition) is 2. The topological polar surface area (TPSA) is 46.2 Å². The van der Waals surface area contributed by atoms with Crippen LogP contribution in [-0.2, 0) is 0 Å². The van der Waals surface area contributed by atoms with Crippen molar-refractivity contribution in [2.45, 2.75) is 18.9 Å². The molecule has 0 aromatic heterocycles. The maximum atomic E-state index is 8.87. The largest absolute Gasteiger partial charge is 0.392 e. The van der Waals surface area contributed by atoms with Crippen LogP contribution in [0.3, 0.4) is 0 Å². The minimum absolute atomic E-state index is 0. The van der Waals surface area contributed by atoms with E-state index < -0.39 is 0 Å². The standard InChI is InChI=1S/C5H11NO.ClH/c6-3-5(7)4-1-2-4;/h4-5,7H,1-3,6H2;1H. The van der Waals surface area contributed by atoms with E-state index in [0.29, 0.717) is 12.5 Å². The molecule has 0 heterocycles. The minimum atomic E-state index is -0.208. The summed E-state index contributed by atoms with van der Waals surface area (Å²) in [5, 5.41) is 8.87. The third kappa shape index (κ3) is 1.99. The van der Waals surface area contributed by atoms with Crippen LogP contribution in [0.2, 0.25) is 0 Å². The molecule has 1 saturated carbocycles. The Kier molecular flexibility index (Phi) is 3.36. The highest BCUT2D eigenvalue weighted by Gasteiger charge is 2.28. The molecule has 0 aliphatic heterocycles. The lowest BCUT2D eigenvalue weighted by Gasteiger charge is -2.01. The Labute approximate surface area is 55.5 Å². The first kappa shape index (κ1) is 8.21. The van der Waals surface area contributed by atoms with Crippen molar-refractivity contribution in [1.29, 1.82) is 0 Å². The Hall–Kier alpha value is 0.210. The number of aliphatic hydroxyl groups excluding tert-OH is 1. The molecule has 1 unspecified atom stereocenters. The summed E-state index contributed by atoms with van der Waals surface area (Å²) >= 11 is 0. The van der Waals surface area contributed by atoms with Crippen LogP contribution in [0.25, 0.3) is 0 Å². The van der Waals surface area contributed by atoms with Crippen LogP contribution >= 0.6 is 12.4 Å². The lowest BCUT2D eigenvalue weighted by molar-refractivity contribution is 0.159. The van der Waals surface area contributed by atoms with Crippen molar-refractivity contribution in [3.8, 4) is 0 Å². The van der Waals surface area contributed by atoms with Crippen LogP contribution in [0.15, 0.2) is 0 Å². The third-order valence-corrected chi connectivity index (χ3v) is 1.41. The number of rotatable bonds is 2. The van der Waals surface area contributed by atoms with Crippen molar-refractivity contribution in [2.75, 3.05) is 6.54 Å². The monoisotopic (exact) mass is 137 g/mol. The highest BCUT2D eigenvalue weighted by molar-refractivity contribution is 5.85. The van der Waals surface area contributed by atoms with Crippen molar-refractivity contribution in [3.05, 3.63) is 0 Å². The van der Waals surface area contributed by atoms with Gasteiger partial charge in [0.2, 0.25) is 0 Å². The van der Waals surface area contributed by atoms with Gasteiger partial charge in [-0.1, -0.05) is 0 Å². The van der Waals surface area contributed by atoms with Gasteiger partial charge in [0.25, 0.3) is 0 Å². The van der Waals surface area contributed by atoms with E-state index in [0.717, 1.165) is 0 Å². The molecule has 0 spiro atoms.